The highest BCUT2D eigenvalue weighted by molar-refractivity contribution is 9.10. The van der Waals surface area contributed by atoms with Crippen LogP contribution in [0.5, 0.6) is 0 Å². The third kappa shape index (κ3) is 3.09. The molecule has 1 aliphatic rings. The average Bonchev–Trinajstić information content (AvgIpc) is 2.34. The molecule has 0 atom stereocenters. The van der Waals surface area contributed by atoms with Crippen LogP contribution in [0.15, 0.2) is 10.8 Å². The Kier molecular flexibility index (Phi) is 4.59. The van der Waals surface area contributed by atoms with Crippen molar-refractivity contribution in [3.63, 3.8) is 0 Å². The fourth-order valence-corrected chi connectivity index (χ4v) is 2.64. The molecule has 0 unspecified atom stereocenters. The van der Waals surface area contributed by atoms with E-state index >= 15 is 0 Å². The van der Waals surface area contributed by atoms with Gasteiger partial charge in [-0.05, 0) is 28.9 Å². The minimum Gasteiger partial charge on any atom is -0.353 e. The van der Waals surface area contributed by atoms with Gasteiger partial charge in [-0.1, -0.05) is 18.5 Å². The average molecular weight is 320 g/mol. The van der Waals surface area contributed by atoms with Gasteiger partial charge in [-0.15, -0.1) is 0 Å². The van der Waals surface area contributed by atoms with E-state index in [1.165, 1.54) is 19.3 Å². The summed E-state index contributed by atoms with van der Waals surface area (Å²) in [6, 6.07) is 0. The van der Waals surface area contributed by atoms with Crippen molar-refractivity contribution in [1.82, 2.24) is 14.9 Å². The number of aromatic nitrogens is 2. The van der Waals surface area contributed by atoms with Gasteiger partial charge in [0, 0.05) is 26.2 Å². The van der Waals surface area contributed by atoms with E-state index in [1.807, 2.05) is 0 Å². The number of anilines is 1. The smallest absolute Gasteiger partial charge is 0.148 e. The number of hydrogen-bond donors (Lipinski definition) is 0. The molecule has 1 aromatic heterocycles. The van der Waals surface area contributed by atoms with Crippen LogP contribution in [0.25, 0.3) is 0 Å². The highest BCUT2D eigenvalue weighted by atomic mass is 79.9. The molecule has 0 aromatic carbocycles. The van der Waals surface area contributed by atoms with Crippen molar-refractivity contribution in [1.29, 1.82) is 0 Å². The summed E-state index contributed by atoms with van der Waals surface area (Å²) in [7, 11) is 0. The van der Waals surface area contributed by atoms with Crippen LogP contribution < -0.4 is 4.90 Å². The lowest BCUT2D eigenvalue weighted by Crippen LogP contribution is -2.47. The fraction of sp³-hybridized carbons (Fsp3) is 0.636. The van der Waals surface area contributed by atoms with Gasteiger partial charge >= 0.3 is 0 Å². The standard InChI is InChI=1S/C11H16BrClN4/c1-2-3-16-4-6-17(7-5-16)11-9(12)10(13)14-8-15-11/h8H,2-7H2,1H3. The first-order chi connectivity index (χ1) is 8.22. The quantitative estimate of drug-likeness (QED) is 0.801. The summed E-state index contributed by atoms with van der Waals surface area (Å²) in [6.07, 6.45) is 2.73. The molecule has 1 saturated heterocycles. The van der Waals surface area contributed by atoms with Crippen LogP contribution in [0.3, 0.4) is 0 Å². The molecule has 0 saturated carbocycles. The maximum atomic E-state index is 5.98. The zero-order chi connectivity index (χ0) is 12.3. The fourth-order valence-electron chi connectivity index (χ4n) is 2.06. The van der Waals surface area contributed by atoms with Crippen LogP contribution >= 0.6 is 27.5 Å². The molecule has 1 aliphatic heterocycles. The summed E-state index contributed by atoms with van der Waals surface area (Å²) in [5, 5.41) is 0.478. The zero-order valence-corrected chi connectivity index (χ0v) is 12.2. The summed E-state index contributed by atoms with van der Waals surface area (Å²) in [5.74, 6) is 0.904. The lowest BCUT2D eigenvalue weighted by molar-refractivity contribution is 0.258. The second-order valence-electron chi connectivity index (χ2n) is 4.13. The molecular weight excluding hydrogens is 304 g/mol. The number of rotatable bonds is 3. The first-order valence-corrected chi connectivity index (χ1v) is 7.02. The molecule has 0 aliphatic carbocycles. The molecule has 0 spiro atoms. The van der Waals surface area contributed by atoms with Gasteiger partial charge in [-0.3, -0.25) is 4.90 Å². The molecule has 0 bridgehead atoms. The van der Waals surface area contributed by atoms with E-state index in [1.54, 1.807) is 0 Å². The molecule has 0 N–H and O–H groups in total. The van der Waals surface area contributed by atoms with Crippen LogP contribution in [-0.2, 0) is 0 Å². The van der Waals surface area contributed by atoms with E-state index < -0.39 is 0 Å². The van der Waals surface area contributed by atoms with Crippen molar-refractivity contribution in [2.75, 3.05) is 37.6 Å². The third-order valence-corrected chi connectivity index (χ3v) is 4.19. The lowest BCUT2D eigenvalue weighted by atomic mass is 10.3. The Morgan fingerprint density at radius 1 is 1.29 bits per heavy atom. The second kappa shape index (κ2) is 5.98. The first kappa shape index (κ1) is 13.1. The van der Waals surface area contributed by atoms with E-state index in [9.17, 15) is 0 Å². The molecule has 1 fully saturated rings. The van der Waals surface area contributed by atoms with Crippen LogP contribution in [0.2, 0.25) is 5.15 Å². The Morgan fingerprint density at radius 2 is 2.00 bits per heavy atom. The Hall–Kier alpha value is -0.390. The van der Waals surface area contributed by atoms with Crippen molar-refractivity contribution in [2.45, 2.75) is 13.3 Å². The van der Waals surface area contributed by atoms with Gasteiger partial charge in [0.2, 0.25) is 0 Å². The molecule has 17 heavy (non-hydrogen) atoms. The van der Waals surface area contributed by atoms with Gasteiger partial charge in [-0.2, -0.15) is 0 Å². The van der Waals surface area contributed by atoms with Gasteiger partial charge in [0.05, 0.1) is 4.47 Å². The summed E-state index contributed by atoms with van der Waals surface area (Å²) in [5.41, 5.74) is 0. The van der Waals surface area contributed by atoms with Gasteiger partial charge in [0.1, 0.15) is 17.3 Å². The minimum absolute atomic E-state index is 0.478. The van der Waals surface area contributed by atoms with E-state index in [2.05, 4.69) is 42.6 Å². The van der Waals surface area contributed by atoms with Crippen molar-refractivity contribution < 1.29 is 0 Å². The predicted molar refractivity (Wildman–Crippen MR) is 73.7 cm³/mol. The second-order valence-corrected chi connectivity index (χ2v) is 5.28. The molecular formula is C11H16BrClN4. The highest BCUT2D eigenvalue weighted by Gasteiger charge is 2.20. The van der Waals surface area contributed by atoms with Crippen molar-refractivity contribution in [2.24, 2.45) is 0 Å². The first-order valence-electron chi connectivity index (χ1n) is 5.85. The topological polar surface area (TPSA) is 32.3 Å². The molecule has 94 valence electrons. The third-order valence-electron chi connectivity index (χ3n) is 2.94. The van der Waals surface area contributed by atoms with Gasteiger partial charge in [-0.25, -0.2) is 9.97 Å². The van der Waals surface area contributed by atoms with Crippen LogP contribution in [0.1, 0.15) is 13.3 Å². The Balaban J connectivity index is 2.03. The van der Waals surface area contributed by atoms with Crippen LogP contribution in [-0.4, -0.2) is 47.6 Å². The van der Waals surface area contributed by atoms with Gasteiger partial charge < -0.3 is 4.90 Å². The Morgan fingerprint density at radius 3 is 2.65 bits per heavy atom. The number of nitrogens with zero attached hydrogens (tertiary/aromatic N) is 4. The normalized spacial score (nSPS) is 17.5. The van der Waals surface area contributed by atoms with Crippen LogP contribution in [0, 0.1) is 0 Å². The number of piperazine rings is 1. The van der Waals surface area contributed by atoms with E-state index in [0.717, 1.165) is 36.5 Å². The summed E-state index contributed by atoms with van der Waals surface area (Å²) in [4.78, 5) is 13.0. The summed E-state index contributed by atoms with van der Waals surface area (Å²) < 4.78 is 0.797. The SMILES string of the molecule is CCCN1CCN(c2ncnc(Cl)c2Br)CC1. The molecule has 1 aromatic rings. The summed E-state index contributed by atoms with van der Waals surface area (Å²) in [6.45, 7) is 7.55. The Labute approximate surface area is 115 Å². The highest BCUT2D eigenvalue weighted by Crippen LogP contribution is 2.29. The molecule has 6 heteroatoms. The van der Waals surface area contributed by atoms with Crippen LogP contribution in [0.4, 0.5) is 5.82 Å². The molecule has 4 nitrogen and oxygen atoms in total. The molecule has 0 radical (unpaired) electrons. The van der Waals surface area contributed by atoms with Gasteiger partial charge in [0.15, 0.2) is 0 Å². The maximum absolute atomic E-state index is 5.98. The predicted octanol–water partition coefficient (Wildman–Crippen LogP) is 2.42. The largest absolute Gasteiger partial charge is 0.353 e. The van der Waals surface area contributed by atoms with Crippen molar-refractivity contribution >= 4 is 33.3 Å². The van der Waals surface area contributed by atoms with Gasteiger partial charge in [0.25, 0.3) is 0 Å². The summed E-state index contributed by atoms with van der Waals surface area (Å²) >= 11 is 9.43. The lowest BCUT2D eigenvalue weighted by Gasteiger charge is -2.35. The maximum Gasteiger partial charge on any atom is 0.148 e. The van der Waals surface area contributed by atoms with E-state index in [-0.39, 0.29) is 0 Å². The molecule has 2 heterocycles. The number of halogens is 2. The molecule has 0 amide bonds. The monoisotopic (exact) mass is 318 g/mol. The van der Waals surface area contributed by atoms with Crippen molar-refractivity contribution in [3.05, 3.63) is 16.0 Å². The molecule has 2 rings (SSSR count). The minimum atomic E-state index is 0.478. The Bertz CT molecular complexity index is 380. The van der Waals surface area contributed by atoms with E-state index in [0.29, 0.717) is 5.15 Å². The zero-order valence-electron chi connectivity index (χ0n) is 9.86. The van der Waals surface area contributed by atoms with E-state index in [4.69, 9.17) is 11.6 Å². The number of hydrogen-bond acceptors (Lipinski definition) is 4. The van der Waals surface area contributed by atoms with Crippen molar-refractivity contribution in [3.8, 4) is 0 Å².